The molecule has 1 saturated heterocycles. The fourth-order valence-electron chi connectivity index (χ4n) is 2.35. The molecule has 0 spiro atoms. The predicted molar refractivity (Wildman–Crippen MR) is 109 cm³/mol. The van der Waals surface area contributed by atoms with Gasteiger partial charge in [0.15, 0.2) is 4.32 Å². The summed E-state index contributed by atoms with van der Waals surface area (Å²) >= 11 is 6.17. The number of hydrogen-bond acceptors (Lipinski definition) is 7. The number of non-ortho nitro benzene ring substituents is 1. The molecule has 0 saturated carbocycles. The topological polar surface area (TPSA) is 102 Å². The van der Waals surface area contributed by atoms with Crippen LogP contribution in [0.4, 0.5) is 5.69 Å². The van der Waals surface area contributed by atoms with E-state index in [4.69, 9.17) is 17.0 Å². The molecule has 1 aliphatic rings. The number of hydrazine groups is 1. The van der Waals surface area contributed by atoms with Crippen molar-refractivity contribution in [2.45, 2.75) is 0 Å². The van der Waals surface area contributed by atoms with E-state index in [0.717, 1.165) is 16.8 Å². The highest BCUT2D eigenvalue weighted by atomic mass is 32.2. The van der Waals surface area contributed by atoms with Crippen molar-refractivity contribution in [3.8, 4) is 5.75 Å². The van der Waals surface area contributed by atoms with Crippen LogP contribution in [0.5, 0.6) is 5.75 Å². The van der Waals surface area contributed by atoms with Gasteiger partial charge < -0.3 is 4.74 Å². The molecule has 0 unspecified atom stereocenters. The van der Waals surface area contributed by atoms with Gasteiger partial charge in [-0.3, -0.25) is 25.1 Å². The van der Waals surface area contributed by atoms with E-state index in [2.05, 4.69) is 5.43 Å². The number of nitrogens with zero attached hydrogens (tertiary/aromatic N) is 2. The maximum atomic E-state index is 12.6. The van der Waals surface area contributed by atoms with Gasteiger partial charge in [-0.1, -0.05) is 23.9 Å². The third-order valence-electron chi connectivity index (χ3n) is 3.74. The number of carbonyl (C=O) groups is 2. The Morgan fingerprint density at radius 3 is 2.64 bits per heavy atom. The smallest absolute Gasteiger partial charge is 0.285 e. The van der Waals surface area contributed by atoms with Crippen LogP contribution in [0.1, 0.15) is 15.9 Å². The molecular formula is C18H13N3O5S2. The first-order valence-electron chi connectivity index (χ1n) is 7.86. The molecule has 2 aromatic carbocycles. The van der Waals surface area contributed by atoms with Crippen LogP contribution in [0, 0.1) is 10.1 Å². The number of nitrogens with one attached hydrogen (secondary N) is 1. The van der Waals surface area contributed by atoms with Crippen molar-refractivity contribution >= 4 is 51.9 Å². The average molecular weight is 415 g/mol. The van der Waals surface area contributed by atoms with E-state index in [1.54, 1.807) is 30.3 Å². The molecule has 2 amide bonds. The molecule has 0 aliphatic carbocycles. The molecule has 0 radical (unpaired) electrons. The SMILES string of the molecule is COc1ccc(C(=O)NN2C(=O)/C(=C\c3cccc([N+](=O)[O-])c3)SC2=S)cc1. The number of nitro groups is 1. The summed E-state index contributed by atoms with van der Waals surface area (Å²) in [5.74, 6) is -0.416. The van der Waals surface area contributed by atoms with Crippen molar-refractivity contribution in [2.24, 2.45) is 0 Å². The van der Waals surface area contributed by atoms with Crippen molar-refractivity contribution in [1.29, 1.82) is 0 Å². The molecule has 3 rings (SSSR count). The molecule has 0 aromatic heterocycles. The number of amides is 2. The molecule has 28 heavy (non-hydrogen) atoms. The molecule has 10 heteroatoms. The van der Waals surface area contributed by atoms with E-state index in [-0.39, 0.29) is 14.9 Å². The lowest BCUT2D eigenvalue weighted by Crippen LogP contribution is -2.44. The number of methoxy groups -OCH3 is 1. The molecule has 0 bridgehead atoms. The largest absolute Gasteiger partial charge is 0.497 e. The molecule has 1 heterocycles. The minimum atomic E-state index is -0.516. The van der Waals surface area contributed by atoms with E-state index < -0.39 is 16.7 Å². The molecule has 1 fully saturated rings. The van der Waals surface area contributed by atoms with Crippen LogP contribution >= 0.6 is 24.0 Å². The Hall–Kier alpha value is -3.24. The second-order valence-corrected chi connectivity index (χ2v) is 7.21. The Morgan fingerprint density at radius 2 is 2.00 bits per heavy atom. The Morgan fingerprint density at radius 1 is 1.29 bits per heavy atom. The van der Waals surface area contributed by atoms with E-state index in [0.29, 0.717) is 16.9 Å². The van der Waals surface area contributed by atoms with Gasteiger partial charge in [0.05, 0.1) is 16.9 Å². The normalized spacial score (nSPS) is 15.0. The Labute approximate surface area is 169 Å². The van der Waals surface area contributed by atoms with Crippen LogP contribution in [0.25, 0.3) is 6.08 Å². The van der Waals surface area contributed by atoms with Crippen LogP contribution in [0.3, 0.4) is 0 Å². The van der Waals surface area contributed by atoms with Crippen LogP contribution in [-0.4, -0.2) is 33.2 Å². The second-order valence-electron chi connectivity index (χ2n) is 5.54. The molecular weight excluding hydrogens is 402 g/mol. The zero-order valence-corrected chi connectivity index (χ0v) is 16.1. The highest BCUT2D eigenvalue weighted by Crippen LogP contribution is 2.32. The fourth-order valence-corrected chi connectivity index (χ4v) is 3.53. The molecule has 8 nitrogen and oxygen atoms in total. The van der Waals surface area contributed by atoms with Gasteiger partial charge in [-0.2, -0.15) is 5.01 Å². The summed E-state index contributed by atoms with van der Waals surface area (Å²) in [4.78, 5) is 35.6. The number of benzene rings is 2. The van der Waals surface area contributed by atoms with Gasteiger partial charge in [0.1, 0.15) is 5.75 Å². The van der Waals surface area contributed by atoms with Crippen LogP contribution in [0.2, 0.25) is 0 Å². The Bertz CT molecular complexity index is 1000. The number of thioether (sulfide) groups is 1. The number of hydrogen-bond donors (Lipinski definition) is 1. The summed E-state index contributed by atoms with van der Waals surface area (Å²) in [5.41, 5.74) is 3.20. The van der Waals surface area contributed by atoms with E-state index in [9.17, 15) is 19.7 Å². The minimum Gasteiger partial charge on any atom is -0.497 e. The highest BCUT2D eigenvalue weighted by molar-refractivity contribution is 8.26. The van der Waals surface area contributed by atoms with Crippen molar-refractivity contribution in [3.05, 3.63) is 74.7 Å². The van der Waals surface area contributed by atoms with Gasteiger partial charge in [-0.25, -0.2) is 0 Å². The monoisotopic (exact) mass is 415 g/mol. The summed E-state index contributed by atoms with van der Waals surface area (Å²) in [6.45, 7) is 0. The van der Waals surface area contributed by atoms with Gasteiger partial charge in [0.25, 0.3) is 17.5 Å². The van der Waals surface area contributed by atoms with Crippen molar-refractivity contribution < 1.29 is 19.2 Å². The van der Waals surface area contributed by atoms with Gasteiger partial charge >= 0.3 is 0 Å². The van der Waals surface area contributed by atoms with Gasteiger partial charge in [-0.15, -0.1) is 0 Å². The molecule has 1 N–H and O–H groups in total. The molecule has 1 aliphatic heterocycles. The lowest BCUT2D eigenvalue weighted by Gasteiger charge is -2.15. The lowest BCUT2D eigenvalue weighted by molar-refractivity contribution is -0.384. The summed E-state index contributed by atoms with van der Waals surface area (Å²) < 4.78 is 5.20. The van der Waals surface area contributed by atoms with Crippen LogP contribution in [0.15, 0.2) is 53.4 Å². The van der Waals surface area contributed by atoms with E-state index >= 15 is 0 Å². The van der Waals surface area contributed by atoms with Crippen molar-refractivity contribution in [2.75, 3.05) is 7.11 Å². The van der Waals surface area contributed by atoms with Gasteiger partial charge in [-0.05, 0) is 48.1 Å². The first kappa shape index (κ1) is 19.5. The minimum absolute atomic E-state index is 0.0861. The zero-order valence-electron chi connectivity index (χ0n) is 14.4. The van der Waals surface area contributed by atoms with Crippen molar-refractivity contribution in [1.82, 2.24) is 10.4 Å². The number of carbonyl (C=O) groups excluding carboxylic acids is 2. The Kier molecular flexibility index (Phi) is 5.71. The average Bonchev–Trinajstić information content (AvgIpc) is 2.95. The third-order valence-corrected chi connectivity index (χ3v) is 5.04. The van der Waals surface area contributed by atoms with E-state index in [1.165, 1.54) is 31.4 Å². The molecule has 2 aromatic rings. The van der Waals surface area contributed by atoms with Gasteiger partial charge in [0.2, 0.25) is 0 Å². The van der Waals surface area contributed by atoms with Crippen LogP contribution < -0.4 is 10.2 Å². The molecule has 142 valence electrons. The third kappa shape index (κ3) is 4.18. The second kappa shape index (κ2) is 8.19. The maximum absolute atomic E-state index is 12.6. The van der Waals surface area contributed by atoms with E-state index in [1.807, 2.05) is 0 Å². The summed E-state index contributed by atoms with van der Waals surface area (Å²) in [6, 6.07) is 12.2. The number of nitro benzene ring substituents is 1. The lowest BCUT2D eigenvalue weighted by atomic mass is 10.2. The summed E-state index contributed by atoms with van der Waals surface area (Å²) in [5, 5.41) is 11.9. The van der Waals surface area contributed by atoms with Crippen LogP contribution in [-0.2, 0) is 4.79 Å². The number of ether oxygens (including phenoxy) is 1. The maximum Gasteiger partial charge on any atom is 0.285 e. The quantitative estimate of drug-likeness (QED) is 0.346. The first-order chi connectivity index (χ1) is 13.4. The predicted octanol–water partition coefficient (Wildman–Crippen LogP) is 3.15. The molecule has 0 atom stereocenters. The highest BCUT2D eigenvalue weighted by Gasteiger charge is 2.33. The zero-order chi connectivity index (χ0) is 20.3. The number of rotatable bonds is 5. The van der Waals surface area contributed by atoms with Crippen molar-refractivity contribution in [3.63, 3.8) is 0 Å². The summed E-state index contributed by atoms with van der Waals surface area (Å²) in [6.07, 6.45) is 1.49. The number of thiocarbonyl (C=S) groups is 1. The first-order valence-corrected chi connectivity index (χ1v) is 9.09. The Balaban J connectivity index is 1.76. The van der Waals surface area contributed by atoms with Gasteiger partial charge in [0, 0.05) is 17.7 Å². The standard InChI is InChI=1S/C18H13N3O5S2/c1-26-14-7-5-12(6-8-14)16(22)19-20-17(23)15(28-18(20)27)10-11-3-2-4-13(9-11)21(24)25/h2-10H,1H3,(H,19,22)/b15-10+. The fraction of sp³-hybridized carbons (Fsp3) is 0.0556. The summed E-state index contributed by atoms with van der Waals surface area (Å²) in [7, 11) is 1.52.